The van der Waals surface area contributed by atoms with Gasteiger partial charge < -0.3 is 10.0 Å². The number of carbonyl (C=O) groups is 2. The minimum Gasteiger partial charge on any atom is -0.478 e. The van der Waals surface area contributed by atoms with Crippen LogP contribution in [0.2, 0.25) is 5.02 Å². The maximum atomic E-state index is 12.7. The van der Waals surface area contributed by atoms with Gasteiger partial charge in [-0.2, -0.15) is 0 Å². The van der Waals surface area contributed by atoms with Crippen LogP contribution in [0.25, 0.3) is 0 Å². The van der Waals surface area contributed by atoms with E-state index in [1.54, 1.807) is 36.5 Å². The van der Waals surface area contributed by atoms with Crippen molar-refractivity contribution in [2.24, 2.45) is 0 Å². The molecule has 136 valence electrons. The molecule has 0 unspecified atom stereocenters. The summed E-state index contributed by atoms with van der Waals surface area (Å²) in [6.07, 6.45) is 1.61. The number of ketones is 1. The van der Waals surface area contributed by atoms with Crippen LogP contribution < -0.4 is 4.90 Å². The molecule has 0 aliphatic heterocycles. The number of benzene rings is 2. The Morgan fingerprint density at radius 3 is 2.22 bits per heavy atom. The summed E-state index contributed by atoms with van der Waals surface area (Å²) in [6, 6.07) is 15.3. The van der Waals surface area contributed by atoms with E-state index in [2.05, 4.69) is 4.98 Å². The lowest BCUT2D eigenvalue weighted by molar-refractivity contribution is 0.0697. The van der Waals surface area contributed by atoms with Crippen molar-refractivity contribution in [1.29, 1.82) is 0 Å². The van der Waals surface area contributed by atoms with Crippen molar-refractivity contribution in [3.8, 4) is 0 Å². The molecule has 3 aromatic rings. The van der Waals surface area contributed by atoms with Crippen molar-refractivity contribution in [3.05, 3.63) is 86.2 Å². The third-order valence-corrected chi connectivity index (χ3v) is 4.86. The molecule has 5 nitrogen and oxygen atoms in total. The van der Waals surface area contributed by atoms with E-state index in [4.69, 9.17) is 16.7 Å². The van der Waals surface area contributed by atoms with Crippen molar-refractivity contribution < 1.29 is 14.7 Å². The number of carbonyl (C=O) groups excluding carboxylic acids is 1. The first-order chi connectivity index (χ1) is 12.8. The quantitative estimate of drug-likeness (QED) is 0.399. The van der Waals surface area contributed by atoms with Crippen molar-refractivity contribution in [2.45, 2.75) is 0 Å². The molecule has 0 amide bonds. The lowest BCUT2D eigenvalue weighted by Crippen LogP contribution is -2.11. The summed E-state index contributed by atoms with van der Waals surface area (Å²) >= 11 is 7.90. The van der Waals surface area contributed by atoms with Gasteiger partial charge in [0, 0.05) is 26.9 Å². The molecule has 0 spiro atoms. The van der Waals surface area contributed by atoms with Crippen LogP contribution in [0.1, 0.15) is 26.4 Å². The number of nitrogens with zero attached hydrogens (tertiary/aromatic N) is 2. The Labute approximate surface area is 174 Å². The highest BCUT2D eigenvalue weighted by Gasteiger charge is 2.15. The highest BCUT2D eigenvalue weighted by atomic mass is 127. The molecule has 0 radical (unpaired) electrons. The normalized spacial score (nSPS) is 10.5. The molecule has 0 aliphatic carbocycles. The first-order valence-corrected chi connectivity index (χ1v) is 9.35. The van der Waals surface area contributed by atoms with Crippen molar-refractivity contribution in [2.75, 3.05) is 11.9 Å². The van der Waals surface area contributed by atoms with E-state index in [1.807, 2.05) is 46.7 Å². The molecule has 0 atom stereocenters. The third kappa shape index (κ3) is 4.45. The summed E-state index contributed by atoms with van der Waals surface area (Å²) in [4.78, 5) is 30.0. The zero-order valence-corrected chi connectivity index (χ0v) is 17.1. The van der Waals surface area contributed by atoms with Crippen LogP contribution >= 0.6 is 34.2 Å². The van der Waals surface area contributed by atoms with E-state index in [0.717, 1.165) is 11.4 Å². The molecule has 1 aromatic heterocycles. The maximum Gasteiger partial charge on any atom is 0.335 e. The lowest BCUT2D eigenvalue weighted by Gasteiger charge is -2.19. The van der Waals surface area contributed by atoms with Gasteiger partial charge in [0.2, 0.25) is 5.78 Å². The van der Waals surface area contributed by atoms with Gasteiger partial charge in [0.25, 0.3) is 0 Å². The topological polar surface area (TPSA) is 70.5 Å². The van der Waals surface area contributed by atoms with Crippen LogP contribution in [0.15, 0.2) is 60.8 Å². The Bertz CT molecular complexity index is 1000. The number of carboxylic acid groups (broad SMARTS) is 1. The van der Waals surface area contributed by atoms with Gasteiger partial charge in [-0.25, -0.2) is 4.79 Å². The minimum absolute atomic E-state index is 0.0735. The SMILES string of the molecule is CN(c1ccc(Cl)cc1)c1ccc(C(=O)c2cc(I)cc(C(=O)O)c2)nc1. The van der Waals surface area contributed by atoms with E-state index in [0.29, 0.717) is 14.2 Å². The summed E-state index contributed by atoms with van der Waals surface area (Å²) in [5.41, 5.74) is 2.36. The summed E-state index contributed by atoms with van der Waals surface area (Å²) in [5, 5.41) is 9.82. The molecule has 0 fully saturated rings. The Morgan fingerprint density at radius 1 is 1.00 bits per heavy atom. The summed E-state index contributed by atoms with van der Waals surface area (Å²) in [6.45, 7) is 0. The van der Waals surface area contributed by atoms with Gasteiger partial charge in [-0.3, -0.25) is 9.78 Å². The van der Waals surface area contributed by atoms with Gasteiger partial charge in [0.1, 0.15) is 5.69 Å². The highest BCUT2D eigenvalue weighted by Crippen LogP contribution is 2.25. The molecule has 7 heteroatoms. The molecule has 3 rings (SSSR count). The van der Waals surface area contributed by atoms with Gasteiger partial charge >= 0.3 is 5.97 Å². The van der Waals surface area contributed by atoms with Crippen molar-refractivity contribution >= 4 is 57.3 Å². The Kier molecular flexibility index (Phi) is 5.76. The zero-order chi connectivity index (χ0) is 19.6. The Hall–Kier alpha value is -2.45. The number of anilines is 2. The zero-order valence-electron chi connectivity index (χ0n) is 14.2. The molecular formula is C20H14ClIN2O3. The number of aromatic carboxylic acids is 1. The van der Waals surface area contributed by atoms with Gasteiger partial charge in [-0.05, 0) is 77.2 Å². The highest BCUT2D eigenvalue weighted by molar-refractivity contribution is 14.1. The summed E-state index contributed by atoms with van der Waals surface area (Å²) in [5.74, 6) is -1.40. The molecule has 0 aliphatic rings. The summed E-state index contributed by atoms with van der Waals surface area (Å²) < 4.78 is 0.676. The molecule has 1 N–H and O–H groups in total. The minimum atomic E-state index is -1.07. The Morgan fingerprint density at radius 2 is 1.63 bits per heavy atom. The van der Waals surface area contributed by atoms with Crippen LogP contribution in [-0.4, -0.2) is 28.9 Å². The molecular weight excluding hydrogens is 479 g/mol. The molecule has 1 heterocycles. The van der Waals surface area contributed by atoms with Crippen LogP contribution in [0.3, 0.4) is 0 Å². The first-order valence-electron chi connectivity index (χ1n) is 7.89. The van der Waals surface area contributed by atoms with Gasteiger partial charge in [0.15, 0.2) is 0 Å². The number of aromatic nitrogens is 1. The monoisotopic (exact) mass is 492 g/mol. The van der Waals surface area contributed by atoms with E-state index in [-0.39, 0.29) is 17.0 Å². The average molecular weight is 493 g/mol. The fourth-order valence-electron chi connectivity index (χ4n) is 2.52. The van der Waals surface area contributed by atoms with Crippen molar-refractivity contribution in [3.63, 3.8) is 0 Å². The number of halogens is 2. The number of pyridine rings is 1. The third-order valence-electron chi connectivity index (χ3n) is 3.99. The van der Waals surface area contributed by atoms with Gasteiger partial charge in [-0.1, -0.05) is 11.6 Å². The fraction of sp³-hybridized carbons (Fsp3) is 0.0500. The molecule has 2 aromatic carbocycles. The van der Waals surface area contributed by atoms with Crippen LogP contribution in [0, 0.1) is 3.57 Å². The van der Waals surface area contributed by atoms with E-state index in [1.165, 1.54) is 12.1 Å². The van der Waals surface area contributed by atoms with E-state index < -0.39 is 5.97 Å². The maximum absolute atomic E-state index is 12.7. The second-order valence-electron chi connectivity index (χ2n) is 5.80. The van der Waals surface area contributed by atoms with Crippen LogP contribution in [0.4, 0.5) is 11.4 Å². The van der Waals surface area contributed by atoms with Gasteiger partial charge in [0.05, 0.1) is 17.4 Å². The van der Waals surface area contributed by atoms with E-state index >= 15 is 0 Å². The molecule has 0 bridgehead atoms. The first kappa shape index (κ1) is 19.3. The fourth-order valence-corrected chi connectivity index (χ4v) is 3.32. The van der Waals surface area contributed by atoms with Crippen molar-refractivity contribution in [1.82, 2.24) is 4.98 Å². The van der Waals surface area contributed by atoms with Crippen LogP contribution in [-0.2, 0) is 0 Å². The smallest absolute Gasteiger partial charge is 0.335 e. The second-order valence-corrected chi connectivity index (χ2v) is 7.48. The van der Waals surface area contributed by atoms with Crippen LogP contribution in [0.5, 0.6) is 0 Å². The number of carboxylic acids is 1. The Balaban J connectivity index is 1.86. The predicted octanol–water partition coefficient (Wildman–Crippen LogP) is 5.04. The second kappa shape index (κ2) is 8.06. The average Bonchev–Trinajstić information content (AvgIpc) is 2.67. The van der Waals surface area contributed by atoms with Gasteiger partial charge in [-0.15, -0.1) is 0 Å². The lowest BCUT2D eigenvalue weighted by atomic mass is 10.0. The number of hydrogen-bond acceptors (Lipinski definition) is 4. The molecule has 27 heavy (non-hydrogen) atoms. The predicted molar refractivity (Wildman–Crippen MR) is 113 cm³/mol. The largest absolute Gasteiger partial charge is 0.478 e. The van der Waals surface area contributed by atoms with E-state index in [9.17, 15) is 9.59 Å². The standard InChI is InChI=1S/C20H14ClIN2O3/c1-24(16-4-2-14(21)3-5-16)17-6-7-18(23-11-17)19(25)12-8-13(20(26)27)10-15(22)9-12/h2-11H,1H3,(H,26,27). The molecule has 0 saturated heterocycles. The number of hydrogen-bond donors (Lipinski definition) is 1. The number of rotatable bonds is 5. The molecule has 0 saturated carbocycles. The summed E-state index contributed by atoms with van der Waals surface area (Å²) in [7, 11) is 1.89.